The minimum Gasteiger partial charge on any atom is -0.455 e. The Morgan fingerprint density at radius 2 is 1.89 bits per heavy atom. The number of nitro groups is 1. The number of benzene rings is 2. The van der Waals surface area contributed by atoms with Crippen molar-refractivity contribution < 1.29 is 14.1 Å². The van der Waals surface area contributed by atoms with Crippen molar-refractivity contribution >= 4 is 44.2 Å². The Kier molecular flexibility index (Phi) is 4.35. The molecule has 0 N–H and O–H groups in total. The summed E-state index contributed by atoms with van der Waals surface area (Å²) in [6.45, 7) is 0. The summed E-state index contributed by atoms with van der Waals surface area (Å²) in [6, 6.07) is 8.32. The second-order valence-electron chi connectivity index (χ2n) is 3.55. The zero-order chi connectivity index (χ0) is 14.0. The van der Waals surface area contributed by atoms with E-state index in [-0.39, 0.29) is 11.5 Å². The third-order valence-corrected chi connectivity index (χ3v) is 3.70. The standard InChI is InChI=1S/C12H6BrFINO3/c13-9-5-7(14)1-3-11(9)19-12-4-2-8(16(17)18)6-10(12)15/h1-6H. The molecule has 0 saturated carbocycles. The van der Waals surface area contributed by atoms with E-state index in [1.54, 1.807) is 0 Å². The lowest BCUT2D eigenvalue weighted by Crippen LogP contribution is -1.92. The molecule has 0 aromatic heterocycles. The van der Waals surface area contributed by atoms with Gasteiger partial charge in [-0.1, -0.05) is 0 Å². The van der Waals surface area contributed by atoms with E-state index in [0.29, 0.717) is 19.5 Å². The Morgan fingerprint density at radius 3 is 2.47 bits per heavy atom. The van der Waals surface area contributed by atoms with Crippen LogP contribution < -0.4 is 4.74 Å². The zero-order valence-electron chi connectivity index (χ0n) is 9.27. The molecule has 4 nitrogen and oxygen atoms in total. The average Bonchev–Trinajstić information content (AvgIpc) is 2.34. The fraction of sp³-hybridized carbons (Fsp3) is 0. The lowest BCUT2D eigenvalue weighted by molar-refractivity contribution is -0.385. The summed E-state index contributed by atoms with van der Waals surface area (Å²) >= 11 is 5.14. The van der Waals surface area contributed by atoms with Gasteiger partial charge in [-0.3, -0.25) is 10.1 Å². The molecule has 0 radical (unpaired) electrons. The molecule has 0 aliphatic carbocycles. The molecule has 0 atom stereocenters. The zero-order valence-corrected chi connectivity index (χ0v) is 13.0. The van der Waals surface area contributed by atoms with Gasteiger partial charge in [-0.15, -0.1) is 0 Å². The van der Waals surface area contributed by atoms with Crippen LogP contribution in [-0.2, 0) is 0 Å². The molecule has 2 aromatic rings. The Morgan fingerprint density at radius 1 is 1.21 bits per heavy atom. The van der Waals surface area contributed by atoms with E-state index in [9.17, 15) is 14.5 Å². The van der Waals surface area contributed by atoms with Crippen molar-refractivity contribution in [3.05, 3.63) is 60.4 Å². The molecule has 0 amide bonds. The van der Waals surface area contributed by atoms with E-state index < -0.39 is 4.92 Å². The predicted molar refractivity (Wildman–Crippen MR) is 80.0 cm³/mol. The van der Waals surface area contributed by atoms with Crippen LogP contribution in [0.5, 0.6) is 11.5 Å². The average molecular weight is 438 g/mol. The number of nitrogens with zero attached hydrogens (tertiary/aromatic N) is 1. The summed E-state index contributed by atoms with van der Waals surface area (Å²) in [7, 11) is 0. The quantitative estimate of drug-likeness (QED) is 0.390. The fourth-order valence-corrected chi connectivity index (χ4v) is 2.40. The first-order chi connectivity index (χ1) is 8.97. The molecule has 0 spiro atoms. The van der Waals surface area contributed by atoms with Crippen molar-refractivity contribution in [3.63, 3.8) is 0 Å². The topological polar surface area (TPSA) is 52.4 Å². The van der Waals surface area contributed by atoms with Gasteiger partial charge < -0.3 is 4.74 Å². The normalized spacial score (nSPS) is 10.3. The maximum absolute atomic E-state index is 12.9. The highest BCUT2D eigenvalue weighted by atomic mass is 127. The van der Waals surface area contributed by atoms with Crippen LogP contribution in [0.4, 0.5) is 10.1 Å². The monoisotopic (exact) mass is 437 g/mol. The van der Waals surface area contributed by atoms with Gasteiger partial charge in [0.1, 0.15) is 17.3 Å². The van der Waals surface area contributed by atoms with Crippen molar-refractivity contribution in [3.8, 4) is 11.5 Å². The molecule has 0 heterocycles. The Balaban J connectivity index is 2.31. The highest BCUT2D eigenvalue weighted by Gasteiger charge is 2.12. The van der Waals surface area contributed by atoms with Gasteiger partial charge in [0.2, 0.25) is 0 Å². The molecule has 19 heavy (non-hydrogen) atoms. The van der Waals surface area contributed by atoms with Gasteiger partial charge in [0.05, 0.1) is 13.0 Å². The summed E-state index contributed by atoms with van der Waals surface area (Å²) in [5.41, 5.74) is -0.00470. The van der Waals surface area contributed by atoms with Gasteiger partial charge in [-0.05, 0) is 62.8 Å². The molecule has 0 bridgehead atoms. The summed E-state index contributed by atoms with van der Waals surface area (Å²) in [5, 5.41) is 10.6. The van der Waals surface area contributed by atoms with Crippen molar-refractivity contribution in [1.29, 1.82) is 0 Å². The molecule has 0 aliphatic rings. The fourth-order valence-electron chi connectivity index (χ4n) is 1.36. The molecular weight excluding hydrogens is 432 g/mol. The highest BCUT2D eigenvalue weighted by Crippen LogP contribution is 2.33. The molecular formula is C12H6BrFINO3. The van der Waals surface area contributed by atoms with Crippen molar-refractivity contribution in [2.45, 2.75) is 0 Å². The van der Waals surface area contributed by atoms with Crippen LogP contribution in [0.1, 0.15) is 0 Å². The van der Waals surface area contributed by atoms with E-state index in [2.05, 4.69) is 15.9 Å². The van der Waals surface area contributed by atoms with Crippen LogP contribution in [0, 0.1) is 19.5 Å². The summed E-state index contributed by atoms with van der Waals surface area (Å²) in [6.07, 6.45) is 0. The Hall–Kier alpha value is -1.22. The minimum atomic E-state index is -0.472. The molecule has 2 aromatic carbocycles. The molecule has 98 valence electrons. The van der Waals surface area contributed by atoms with E-state index in [1.807, 2.05) is 22.6 Å². The lowest BCUT2D eigenvalue weighted by atomic mass is 10.3. The van der Waals surface area contributed by atoms with Crippen LogP contribution in [0.2, 0.25) is 0 Å². The van der Waals surface area contributed by atoms with Gasteiger partial charge in [-0.25, -0.2) is 4.39 Å². The molecule has 0 unspecified atom stereocenters. The van der Waals surface area contributed by atoms with Crippen LogP contribution in [0.15, 0.2) is 40.9 Å². The number of hydrogen-bond donors (Lipinski definition) is 0. The summed E-state index contributed by atoms with van der Waals surface area (Å²) in [5.74, 6) is 0.532. The van der Waals surface area contributed by atoms with Crippen LogP contribution in [-0.4, -0.2) is 4.92 Å². The SMILES string of the molecule is O=[N+]([O-])c1ccc(Oc2ccc(F)cc2Br)c(I)c1. The second-order valence-corrected chi connectivity index (χ2v) is 5.57. The number of rotatable bonds is 3. The first-order valence-corrected chi connectivity index (χ1v) is 6.91. The van der Waals surface area contributed by atoms with Crippen LogP contribution in [0.25, 0.3) is 0 Å². The maximum Gasteiger partial charge on any atom is 0.270 e. The third kappa shape index (κ3) is 3.41. The van der Waals surface area contributed by atoms with Crippen molar-refractivity contribution in [2.75, 3.05) is 0 Å². The second kappa shape index (κ2) is 5.83. The number of non-ortho nitro benzene ring substituents is 1. The molecule has 0 fully saturated rings. The van der Waals surface area contributed by atoms with Crippen molar-refractivity contribution in [1.82, 2.24) is 0 Å². The van der Waals surface area contributed by atoms with E-state index in [0.717, 1.165) is 0 Å². The first kappa shape index (κ1) is 14.2. The summed E-state index contributed by atoms with van der Waals surface area (Å²) < 4.78 is 19.6. The van der Waals surface area contributed by atoms with Gasteiger partial charge >= 0.3 is 0 Å². The number of ether oxygens (including phenoxy) is 1. The van der Waals surface area contributed by atoms with Gasteiger partial charge in [0.15, 0.2) is 0 Å². The van der Waals surface area contributed by atoms with Crippen molar-refractivity contribution in [2.24, 2.45) is 0 Å². The van der Waals surface area contributed by atoms with Gasteiger partial charge in [0, 0.05) is 12.1 Å². The first-order valence-electron chi connectivity index (χ1n) is 5.04. The smallest absolute Gasteiger partial charge is 0.270 e. The molecule has 0 aliphatic heterocycles. The van der Waals surface area contributed by atoms with Crippen LogP contribution in [0.3, 0.4) is 0 Å². The molecule has 0 saturated heterocycles. The van der Waals surface area contributed by atoms with Gasteiger partial charge in [-0.2, -0.15) is 0 Å². The third-order valence-electron chi connectivity index (χ3n) is 2.24. The maximum atomic E-state index is 12.9. The molecule has 7 heteroatoms. The highest BCUT2D eigenvalue weighted by molar-refractivity contribution is 14.1. The Labute approximate surface area is 130 Å². The lowest BCUT2D eigenvalue weighted by Gasteiger charge is -2.09. The largest absolute Gasteiger partial charge is 0.455 e. The summed E-state index contributed by atoms with van der Waals surface area (Å²) in [4.78, 5) is 10.2. The number of halogens is 3. The van der Waals surface area contributed by atoms with E-state index >= 15 is 0 Å². The minimum absolute atomic E-state index is 0.00470. The number of hydrogen-bond acceptors (Lipinski definition) is 3. The van der Waals surface area contributed by atoms with Gasteiger partial charge in [0.25, 0.3) is 5.69 Å². The number of nitro benzene ring substituents is 1. The Bertz CT molecular complexity index is 651. The van der Waals surface area contributed by atoms with E-state index in [1.165, 1.54) is 36.4 Å². The predicted octanol–water partition coefficient (Wildman–Crippen LogP) is 4.89. The van der Waals surface area contributed by atoms with E-state index in [4.69, 9.17) is 4.74 Å². The van der Waals surface area contributed by atoms with Crippen LogP contribution >= 0.6 is 38.5 Å². The molecule has 2 rings (SSSR count).